The van der Waals surface area contributed by atoms with E-state index in [1.54, 1.807) is 0 Å². The number of thiol groups is 3. The third-order valence-corrected chi connectivity index (χ3v) is 6.38. The molecule has 0 spiro atoms. The van der Waals surface area contributed by atoms with Crippen molar-refractivity contribution >= 4 is 60.4 Å². The molecule has 4 heteroatoms. The van der Waals surface area contributed by atoms with Crippen LogP contribution in [-0.4, -0.2) is 11.5 Å². The highest BCUT2D eigenvalue weighted by molar-refractivity contribution is 7.99. The molecule has 0 aliphatic heterocycles. The summed E-state index contributed by atoms with van der Waals surface area (Å²) in [4.78, 5) is 3.39. The Morgan fingerprint density at radius 3 is 2.08 bits per heavy atom. The lowest BCUT2D eigenvalue weighted by Gasteiger charge is -2.08. The lowest BCUT2D eigenvalue weighted by atomic mass is 10.1. The van der Waals surface area contributed by atoms with Gasteiger partial charge < -0.3 is 0 Å². The van der Waals surface area contributed by atoms with Gasteiger partial charge >= 0.3 is 0 Å². The molecule has 0 bridgehead atoms. The monoisotopic (exact) mass is 396 g/mol. The average molecular weight is 397 g/mol. The Labute approximate surface area is 167 Å². The maximum absolute atomic E-state index is 4.64. The van der Waals surface area contributed by atoms with Gasteiger partial charge in [-0.05, 0) is 53.3 Å². The first-order valence-corrected chi connectivity index (χ1v) is 11.4. The van der Waals surface area contributed by atoms with Crippen molar-refractivity contribution in [3.8, 4) is 0 Å². The number of fused-ring (bicyclic) bond motifs is 1. The molecule has 0 fully saturated rings. The molecule has 24 heavy (non-hydrogen) atoms. The van der Waals surface area contributed by atoms with Crippen LogP contribution in [-0.2, 0) is 0 Å². The van der Waals surface area contributed by atoms with Gasteiger partial charge in [0.2, 0.25) is 0 Å². The predicted octanol–water partition coefficient (Wildman–Crippen LogP) is 7.56. The number of benzene rings is 2. The third-order valence-electron chi connectivity index (χ3n) is 4.25. The Bertz CT molecular complexity index is 624. The largest absolute Gasteiger partial charge is 0.179 e. The number of hydrogen-bond acceptors (Lipinski definition) is 4. The van der Waals surface area contributed by atoms with E-state index in [9.17, 15) is 0 Å². The fraction of sp³-hybridized carbons (Fsp3) is 0.500. The van der Waals surface area contributed by atoms with E-state index in [1.807, 2.05) is 23.9 Å². The minimum atomic E-state index is 1.03. The molecule has 0 radical (unpaired) electrons. The molecular weight excluding hydrogens is 368 g/mol. The maximum atomic E-state index is 4.64. The molecule has 0 N–H and O–H groups in total. The molecule has 0 heterocycles. The van der Waals surface area contributed by atoms with Crippen LogP contribution in [0.25, 0.3) is 10.8 Å². The van der Waals surface area contributed by atoms with Crippen LogP contribution in [0.4, 0.5) is 0 Å². The van der Waals surface area contributed by atoms with Gasteiger partial charge in [0.05, 0.1) is 0 Å². The van der Waals surface area contributed by atoms with E-state index in [1.165, 1.54) is 72.8 Å². The summed E-state index contributed by atoms with van der Waals surface area (Å²) < 4.78 is 0. The summed E-state index contributed by atoms with van der Waals surface area (Å²) in [6, 6.07) is 10.6. The van der Waals surface area contributed by atoms with Crippen molar-refractivity contribution < 1.29 is 0 Å². The minimum absolute atomic E-state index is 1.03. The molecule has 0 unspecified atom stereocenters. The van der Waals surface area contributed by atoms with Crippen molar-refractivity contribution in [2.75, 3.05) is 11.5 Å². The van der Waals surface area contributed by atoms with Crippen molar-refractivity contribution in [1.29, 1.82) is 0 Å². The smallest absolute Gasteiger partial charge is 0.0130 e. The fourth-order valence-electron chi connectivity index (χ4n) is 2.87. The molecule has 0 saturated carbocycles. The fourth-order valence-corrected chi connectivity index (χ4v) is 4.77. The van der Waals surface area contributed by atoms with Gasteiger partial charge in [0.1, 0.15) is 0 Å². The number of hydrogen-bond donors (Lipinski definition) is 3. The summed E-state index contributed by atoms with van der Waals surface area (Å²) in [6.07, 6.45) is 10.8. The van der Waals surface area contributed by atoms with Crippen molar-refractivity contribution in [3.05, 3.63) is 30.3 Å². The van der Waals surface area contributed by atoms with Gasteiger partial charge in [-0.1, -0.05) is 50.7 Å². The molecule has 132 valence electrons. The summed E-state index contributed by atoms with van der Waals surface area (Å²) in [5.41, 5.74) is 0. The average Bonchev–Trinajstić information content (AvgIpc) is 2.57. The number of thioether (sulfide) groups is 1. The van der Waals surface area contributed by atoms with Crippen LogP contribution in [0.15, 0.2) is 45.0 Å². The molecule has 0 atom stereocenters. The van der Waals surface area contributed by atoms with Gasteiger partial charge in [0.15, 0.2) is 0 Å². The summed E-state index contributed by atoms with van der Waals surface area (Å²) >= 11 is 15.4. The molecule has 2 rings (SSSR count). The van der Waals surface area contributed by atoms with Gasteiger partial charge in [-0.2, -0.15) is 12.6 Å². The Kier molecular flexibility index (Phi) is 9.92. The third kappa shape index (κ3) is 6.78. The Morgan fingerprint density at radius 2 is 1.38 bits per heavy atom. The molecule has 0 aromatic heterocycles. The molecule has 0 saturated heterocycles. The Hall–Kier alpha value is 0.1000. The van der Waals surface area contributed by atoms with E-state index in [0.29, 0.717) is 0 Å². The first kappa shape index (κ1) is 20.4. The first-order valence-electron chi connectivity index (χ1n) is 8.90. The topological polar surface area (TPSA) is 0 Å². The number of rotatable bonds is 11. The van der Waals surface area contributed by atoms with Crippen molar-refractivity contribution in [3.63, 3.8) is 0 Å². The molecular formula is C20H28S4. The highest BCUT2D eigenvalue weighted by Gasteiger charge is 2.04. The van der Waals surface area contributed by atoms with E-state index in [2.05, 4.69) is 56.1 Å². The van der Waals surface area contributed by atoms with E-state index in [0.717, 1.165) is 15.5 Å². The van der Waals surface area contributed by atoms with E-state index < -0.39 is 0 Å². The Balaban J connectivity index is 1.68. The lowest BCUT2D eigenvalue weighted by Crippen LogP contribution is -1.85. The van der Waals surface area contributed by atoms with Gasteiger partial charge in [0, 0.05) is 14.7 Å². The second-order valence-electron chi connectivity index (χ2n) is 6.22. The van der Waals surface area contributed by atoms with Gasteiger partial charge in [-0.25, -0.2) is 0 Å². The maximum Gasteiger partial charge on any atom is 0.0130 e. The van der Waals surface area contributed by atoms with Crippen molar-refractivity contribution in [2.45, 2.75) is 66.1 Å². The molecule has 0 nitrogen and oxygen atoms in total. The molecule has 0 aliphatic rings. The lowest BCUT2D eigenvalue weighted by molar-refractivity contribution is 0.588. The van der Waals surface area contributed by atoms with Gasteiger partial charge in [0.25, 0.3) is 0 Å². The zero-order valence-corrected chi connectivity index (χ0v) is 17.7. The van der Waals surface area contributed by atoms with E-state index in [-0.39, 0.29) is 0 Å². The van der Waals surface area contributed by atoms with E-state index >= 15 is 0 Å². The molecule has 0 amide bonds. The van der Waals surface area contributed by atoms with Crippen LogP contribution in [0.1, 0.15) is 51.4 Å². The zero-order chi connectivity index (χ0) is 17.2. The zero-order valence-electron chi connectivity index (χ0n) is 14.2. The Morgan fingerprint density at radius 1 is 0.708 bits per heavy atom. The minimum Gasteiger partial charge on any atom is -0.179 e. The van der Waals surface area contributed by atoms with Crippen LogP contribution in [0, 0.1) is 0 Å². The van der Waals surface area contributed by atoms with E-state index in [4.69, 9.17) is 0 Å². The normalized spacial score (nSPS) is 11.3. The highest BCUT2D eigenvalue weighted by atomic mass is 32.2. The van der Waals surface area contributed by atoms with Crippen LogP contribution in [0.2, 0.25) is 0 Å². The van der Waals surface area contributed by atoms with Gasteiger partial charge in [-0.15, -0.1) is 37.0 Å². The molecule has 2 aromatic carbocycles. The first-order chi connectivity index (χ1) is 11.7. The quantitative estimate of drug-likeness (QED) is 0.200. The SMILES string of the molecule is SCCCCCCCCCCSc1cc(S)c2cccc(S)c2c1. The summed E-state index contributed by atoms with van der Waals surface area (Å²) in [6.45, 7) is 0. The van der Waals surface area contributed by atoms with Crippen LogP contribution < -0.4 is 0 Å². The van der Waals surface area contributed by atoms with Crippen molar-refractivity contribution in [2.24, 2.45) is 0 Å². The molecule has 0 aliphatic carbocycles. The summed E-state index contributed by atoms with van der Waals surface area (Å²) in [5, 5.41) is 2.39. The number of unbranched alkanes of at least 4 members (excludes halogenated alkanes) is 7. The molecule has 2 aromatic rings. The van der Waals surface area contributed by atoms with Crippen LogP contribution >= 0.6 is 49.6 Å². The standard InChI is InChI=1S/C20H28S4/c21-12-7-5-3-1-2-4-6-8-13-24-16-14-18-17(20(23)15-16)10-9-11-19(18)22/h9-11,14-15,21-23H,1-8,12-13H2. The van der Waals surface area contributed by atoms with Crippen LogP contribution in [0.3, 0.4) is 0 Å². The summed E-state index contributed by atoms with van der Waals surface area (Å²) in [7, 11) is 0. The predicted molar refractivity (Wildman–Crippen MR) is 120 cm³/mol. The highest BCUT2D eigenvalue weighted by Crippen LogP contribution is 2.32. The van der Waals surface area contributed by atoms with Gasteiger partial charge in [-0.3, -0.25) is 0 Å². The second kappa shape index (κ2) is 11.7. The second-order valence-corrected chi connectivity index (χ2v) is 8.79. The van der Waals surface area contributed by atoms with Crippen molar-refractivity contribution in [1.82, 2.24) is 0 Å². The van der Waals surface area contributed by atoms with Crippen LogP contribution in [0.5, 0.6) is 0 Å². The summed E-state index contributed by atoms with van der Waals surface area (Å²) in [5.74, 6) is 2.22.